The van der Waals surface area contributed by atoms with Crippen LogP contribution in [0, 0.1) is 11.8 Å². The van der Waals surface area contributed by atoms with Gasteiger partial charge in [0.2, 0.25) is 11.8 Å². The van der Waals surface area contributed by atoms with Crippen LogP contribution in [0.1, 0.15) is 53.4 Å². The Morgan fingerprint density at radius 2 is 1.82 bits per heavy atom. The van der Waals surface area contributed by atoms with Crippen LogP contribution in [-0.4, -0.2) is 84.3 Å². The first-order chi connectivity index (χ1) is 21.1. The molecule has 0 radical (unpaired) electrons. The van der Waals surface area contributed by atoms with Gasteiger partial charge in [0.05, 0.1) is 21.7 Å². The number of carbonyl (C=O) groups excluding carboxylic acids is 1. The topological polar surface area (TPSA) is 129 Å². The van der Waals surface area contributed by atoms with Crippen LogP contribution in [-0.2, 0) is 6.54 Å². The van der Waals surface area contributed by atoms with Crippen LogP contribution in [0.4, 0.5) is 10.7 Å². The van der Waals surface area contributed by atoms with E-state index in [-0.39, 0.29) is 23.9 Å². The first-order valence-electron chi connectivity index (χ1n) is 15.5. The fourth-order valence-corrected chi connectivity index (χ4v) is 6.91. The van der Waals surface area contributed by atoms with E-state index in [1.807, 2.05) is 31.0 Å². The first-order valence-corrected chi connectivity index (χ1v) is 15.9. The lowest BCUT2D eigenvalue weighted by molar-refractivity contribution is 0.146. The number of nitrogens with one attached hydrogen (secondary N) is 1. The van der Waals surface area contributed by atoms with Crippen molar-refractivity contribution in [1.29, 1.82) is 0 Å². The van der Waals surface area contributed by atoms with Crippen molar-refractivity contribution in [3.63, 3.8) is 0 Å². The molecule has 4 aromatic rings. The molecule has 0 spiro atoms. The number of hydrogen-bond acceptors (Lipinski definition) is 8. The average molecular weight is 622 g/mol. The smallest absolute Gasteiger partial charge is 0.333 e. The van der Waals surface area contributed by atoms with Gasteiger partial charge in [0.25, 0.3) is 0 Å². The molecule has 234 valence electrons. The van der Waals surface area contributed by atoms with Crippen LogP contribution in [0.5, 0.6) is 0 Å². The van der Waals surface area contributed by atoms with E-state index in [0.717, 1.165) is 47.8 Å². The minimum absolute atomic E-state index is 0.0190. The third-order valence-corrected chi connectivity index (χ3v) is 9.37. The molecule has 6 rings (SSSR count). The highest BCUT2D eigenvalue weighted by atomic mass is 35.5. The minimum atomic E-state index is -0.658. The van der Waals surface area contributed by atoms with Gasteiger partial charge in [-0.1, -0.05) is 36.5 Å². The third-order valence-electron chi connectivity index (χ3n) is 9.16. The van der Waals surface area contributed by atoms with Crippen molar-refractivity contribution in [2.24, 2.45) is 11.8 Å². The minimum Gasteiger partial charge on any atom is -0.333 e. The van der Waals surface area contributed by atoms with Gasteiger partial charge in [0.1, 0.15) is 5.69 Å². The number of fused-ring (bicyclic) bond motifs is 1. The molecular formula is C31H40ClN9O3. The Morgan fingerprint density at radius 3 is 2.45 bits per heavy atom. The number of carbonyl (C=O) groups is 1. The van der Waals surface area contributed by atoms with Crippen LogP contribution in [0.3, 0.4) is 0 Å². The van der Waals surface area contributed by atoms with Gasteiger partial charge in [-0.25, -0.2) is 19.6 Å². The zero-order chi connectivity index (χ0) is 31.1. The maximum atomic E-state index is 13.1. The van der Waals surface area contributed by atoms with Gasteiger partial charge in [0.15, 0.2) is 0 Å². The van der Waals surface area contributed by atoms with Crippen molar-refractivity contribution in [3.8, 4) is 22.8 Å². The van der Waals surface area contributed by atoms with Crippen molar-refractivity contribution >= 4 is 34.6 Å². The molecule has 2 aliphatic rings. The number of urea groups is 1. The highest BCUT2D eigenvalue weighted by Crippen LogP contribution is 2.38. The number of aromatic nitrogens is 6. The molecule has 44 heavy (non-hydrogen) atoms. The molecule has 1 N–H and O–H groups in total. The second kappa shape index (κ2) is 12.2. The number of H-pyrrole nitrogens is 1. The van der Waals surface area contributed by atoms with Crippen LogP contribution >= 0.6 is 11.6 Å². The van der Waals surface area contributed by atoms with Crippen molar-refractivity contribution in [1.82, 2.24) is 39.5 Å². The van der Waals surface area contributed by atoms with Crippen LogP contribution in [0.15, 0.2) is 33.8 Å². The molecule has 1 saturated heterocycles. The van der Waals surface area contributed by atoms with E-state index in [0.29, 0.717) is 42.0 Å². The number of anilines is 1. The Morgan fingerprint density at radius 1 is 1.09 bits per heavy atom. The molecule has 2 fully saturated rings. The van der Waals surface area contributed by atoms with E-state index in [4.69, 9.17) is 26.1 Å². The van der Waals surface area contributed by atoms with Gasteiger partial charge in [0, 0.05) is 63.3 Å². The second-order valence-corrected chi connectivity index (χ2v) is 13.0. The summed E-state index contributed by atoms with van der Waals surface area (Å²) in [6.45, 7) is 11.2. The summed E-state index contributed by atoms with van der Waals surface area (Å²) in [5.41, 5.74) is 3.41. The fraction of sp³-hybridized carbons (Fsp3) is 0.548. The predicted octanol–water partition coefficient (Wildman–Crippen LogP) is 5.29. The monoisotopic (exact) mass is 621 g/mol. The number of imidazole rings is 1. The maximum absolute atomic E-state index is 13.1. The largest absolute Gasteiger partial charge is 0.439 e. The van der Waals surface area contributed by atoms with Gasteiger partial charge >= 0.3 is 11.8 Å². The van der Waals surface area contributed by atoms with E-state index in [2.05, 4.69) is 45.4 Å². The highest BCUT2D eigenvalue weighted by molar-refractivity contribution is 6.30. The Bertz CT molecular complexity index is 1690. The molecule has 2 atom stereocenters. The van der Waals surface area contributed by atoms with Crippen molar-refractivity contribution in [2.45, 2.75) is 72.0 Å². The lowest BCUT2D eigenvalue weighted by Crippen LogP contribution is -2.60. The lowest BCUT2D eigenvalue weighted by Gasteiger charge is -2.46. The Hall–Kier alpha value is -3.93. The number of hydrogen-bond donors (Lipinski definition) is 1. The summed E-state index contributed by atoms with van der Waals surface area (Å²) in [5.74, 6) is 1.64. The zero-order valence-corrected chi connectivity index (χ0v) is 26.7. The number of rotatable bonds is 6. The highest BCUT2D eigenvalue weighted by Gasteiger charge is 2.36. The van der Waals surface area contributed by atoms with Crippen molar-refractivity contribution < 1.29 is 9.32 Å². The summed E-state index contributed by atoms with van der Waals surface area (Å²) in [5, 5.41) is 4.39. The summed E-state index contributed by atoms with van der Waals surface area (Å²) in [4.78, 5) is 48.2. The summed E-state index contributed by atoms with van der Waals surface area (Å²) in [7, 11) is 1.84. The maximum Gasteiger partial charge on any atom is 0.439 e. The molecule has 2 amide bonds. The molecule has 13 heteroatoms. The predicted molar refractivity (Wildman–Crippen MR) is 170 cm³/mol. The summed E-state index contributed by atoms with van der Waals surface area (Å²) in [6.07, 6.45) is 8.04. The Kier molecular flexibility index (Phi) is 8.36. The Balaban J connectivity index is 1.52. The zero-order valence-electron chi connectivity index (χ0n) is 26.0. The van der Waals surface area contributed by atoms with Crippen molar-refractivity contribution in [2.75, 3.05) is 31.6 Å². The standard InChI is InChI=1S/C31H40ClN9O3/c1-6-38(5)31(43)39-15-19(3)41(20(4)16-39)29-35-24-12-25(28-36-30(42)44-37-28)34-26(22-11-23(32)14-33-13-22)27(24)40(29)17-21-9-7-18(2)8-10-21/h11-14,18-21H,6-10,15-17H2,1-5H3,(H,36,37,42)/t18?,19-,20-,21?/m0/s1. The number of pyridine rings is 2. The number of halogens is 1. The molecule has 1 aliphatic heterocycles. The van der Waals surface area contributed by atoms with Crippen LogP contribution in [0.25, 0.3) is 33.8 Å². The summed E-state index contributed by atoms with van der Waals surface area (Å²) < 4.78 is 7.12. The number of piperazine rings is 1. The quantitative estimate of drug-likeness (QED) is 0.308. The molecule has 4 aromatic heterocycles. The van der Waals surface area contributed by atoms with Gasteiger partial charge < -0.3 is 19.3 Å². The molecule has 0 bridgehead atoms. The Labute approximate surface area is 261 Å². The SMILES string of the molecule is CCN(C)C(=O)N1C[C@H](C)N(c2nc3cc(-c4noc(=O)[nH]4)nc(-c4cncc(Cl)c4)c3n2CC2CCC(C)CC2)[C@@H](C)C1. The number of amides is 2. The average Bonchev–Trinajstić information content (AvgIpc) is 3.60. The van der Waals surface area contributed by atoms with Crippen molar-refractivity contribution in [3.05, 3.63) is 40.1 Å². The fourth-order valence-electron chi connectivity index (χ4n) is 6.74. The van der Waals surface area contributed by atoms with Crippen LogP contribution in [0.2, 0.25) is 5.02 Å². The van der Waals surface area contributed by atoms with Gasteiger partial charge in [-0.2, -0.15) is 0 Å². The number of aromatic amines is 1. The van der Waals surface area contributed by atoms with E-state index in [1.54, 1.807) is 17.3 Å². The van der Waals surface area contributed by atoms with Crippen LogP contribution < -0.4 is 10.7 Å². The van der Waals surface area contributed by atoms with Gasteiger partial charge in [-0.05, 0) is 57.6 Å². The molecule has 1 aliphatic carbocycles. The van der Waals surface area contributed by atoms with E-state index in [9.17, 15) is 9.59 Å². The second-order valence-electron chi connectivity index (χ2n) is 12.5. The third kappa shape index (κ3) is 5.79. The lowest BCUT2D eigenvalue weighted by atomic mass is 9.83. The van der Waals surface area contributed by atoms with E-state index in [1.165, 1.54) is 12.8 Å². The van der Waals surface area contributed by atoms with E-state index >= 15 is 0 Å². The molecule has 1 saturated carbocycles. The molecule has 0 unspecified atom stereocenters. The first kappa shape index (κ1) is 30.1. The summed E-state index contributed by atoms with van der Waals surface area (Å²) >= 11 is 6.42. The number of nitrogens with zero attached hydrogens (tertiary/aromatic N) is 8. The normalized spacial score (nSPS) is 22.5. The molecule has 0 aromatic carbocycles. The summed E-state index contributed by atoms with van der Waals surface area (Å²) in [6, 6.07) is 3.77. The van der Waals surface area contributed by atoms with Gasteiger partial charge in [-0.15, -0.1) is 0 Å². The molecule has 12 nitrogen and oxygen atoms in total. The van der Waals surface area contributed by atoms with E-state index < -0.39 is 5.76 Å². The molecule has 5 heterocycles. The molecular weight excluding hydrogens is 582 g/mol. The van der Waals surface area contributed by atoms with Gasteiger partial charge in [-0.3, -0.25) is 14.5 Å².